The Hall–Kier alpha value is -2.13. The minimum Gasteiger partial charge on any atom is -0.464 e. The summed E-state index contributed by atoms with van der Waals surface area (Å²) in [5.74, 6) is 0.337. The zero-order valence-corrected chi connectivity index (χ0v) is 18.7. The Bertz CT molecular complexity index is 1060. The van der Waals surface area contributed by atoms with Gasteiger partial charge >= 0.3 is 11.8 Å². The molecule has 0 aliphatic heterocycles. The van der Waals surface area contributed by atoms with E-state index in [9.17, 15) is 19.5 Å². The van der Waals surface area contributed by atoms with E-state index < -0.39 is 11.6 Å². The van der Waals surface area contributed by atoms with Gasteiger partial charge in [0.2, 0.25) is 0 Å². The number of aryl methyl sites for hydroxylation is 2. The number of aromatic nitrogens is 2. The van der Waals surface area contributed by atoms with Gasteiger partial charge < -0.3 is 5.11 Å². The van der Waals surface area contributed by atoms with Crippen LogP contribution in [-0.4, -0.2) is 30.9 Å². The second-order valence-electron chi connectivity index (χ2n) is 8.84. The van der Waals surface area contributed by atoms with Crippen molar-refractivity contribution in [3.05, 3.63) is 31.3 Å². The first kappa shape index (κ1) is 21.6. The van der Waals surface area contributed by atoms with Crippen LogP contribution in [0.4, 0.5) is 4.79 Å². The van der Waals surface area contributed by atoms with Crippen molar-refractivity contribution in [3.8, 4) is 0 Å². The van der Waals surface area contributed by atoms with Crippen LogP contribution in [-0.2, 0) is 13.1 Å². The molecule has 0 aromatic carbocycles. The number of thiophene rings is 1. The molecular formula is C20H30N4O4S. The number of hydrazine groups is 1. The van der Waals surface area contributed by atoms with E-state index in [1.54, 1.807) is 25.3 Å². The number of hydrogen-bond donors (Lipinski definition) is 2. The molecule has 2 aromatic rings. The van der Waals surface area contributed by atoms with Crippen molar-refractivity contribution in [1.29, 1.82) is 0 Å². The second-order valence-corrected chi connectivity index (χ2v) is 9.93. The summed E-state index contributed by atoms with van der Waals surface area (Å²) >= 11 is 1.39. The Kier molecular flexibility index (Phi) is 5.66. The SMILES string of the molecule is CCCn1c(=O)n(C2C[C@@H]2C)c(=O)c2c(C)c(CNN(C(=O)O)C(C)(C)C)sc21. The molecule has 160 valence electrons. The summed E-state index contributed by atoms with van der Waals surface area (Å²) in [5, 5.41) is 11.2. The lowest BCUT2D eigenvalue weighted by atomic mass is 10.1. The first-order valence-electron chi connectivity index (χ1n) is 10.0. The normalized spacial score (nSPS) is 19.0. The summed E-state index contributed by atoms with van der Waals surface area (Å²) in [6, 6.07) is -0.0215. The highest BCUT2D eigenvalue weighted by Crippen LogP contribution is 2.41. The van der Waals surface area contributed by atoms with Gasteiger partial charge in [0.25, 0.3) is 5.56 Å². The van der Waals surface area contributed by atoms with Gasteiger partial charge in [0, 0.05) is 17.5 Å². The molecule has 0 bridgehead atoms. The topological polar surface area (TPSA) is 96.6 Å². The van der Waals surface area contributed by atoms with Gasteiger partial charge in [-0.1, -0.05) is 13.8 Å². The van der Waals surface area contributed by atoms with Crippen molar-refractivity contribution in [2.75, 3.05) is 0 Å². The quantitative estimate of drug-likeness (QED) is 0.696. The van der Waals surface area contributed by atoms with Gasteiger partial charge in [0.05, 0.1) is 17.5 Å². The molecule has 0 radical (unpaired) electrons. The van der Waals surface area contributed by atoms with Crippen LogP contribution in [0.25, 0.3) is 10.2 Å². The first-order valence-corrected chi connectivity index (χ1v) is 10.8. The van der Waals surface area contributed by atoms with E-state index in [1.807, 2.05) is 20.8 Å². The lowest BCUT2D eigenvalue weighted by molar-refractivity contribution is 0.0626. The van der Waals surface area contributed by atoms with E-state index in [0.717, 1.165) is 23.3 Å². The average molecular weight is 423 g/mol. The van der Waals surface area contributed by atoms with E-state index in [4.69, 9.17) is 0 Å². The summed E-state index contributed by atoms with van der Waals surface area (Å²) in [4.78, 5) is 39.4. The highest BCUT2D eigenvalue weighted by molar-refractivity contribution is 7.18. The molecule has 0 spiro atoms. The van der Waals surface area contributed by atoms with Crippen LogP contribution in [0.2, 0.25) is 0 Å². The number of nitrogens with one attached hydrogen (secondary N) is 1. The predicted octanol–water partition coefficient (Wildman–Crippen LogP) is 3.31. The Morgan fingerprint density at radius 2 is 1.97 bits per heavy atom. The van der Waals surface area contributed by atoms with Crippen molar-refractivity contribution >= 4 is 27.6 Å². The van der Waals surface area contributed by atoms with Gasteiger partial charge in [-0.3, -0.25) is 13.9 Å². The molecule has 1 unspecified atom stereocenters. The van der Waals surface area contributed by atoms with E-state index in [2.05, 4.69) is 5.43 Å². The smallest absolute Gasteiger partial charge is 0.422 e. The largest absolute Gasteiger partial charge is 0.464 e. The molecule has 2 N–H and O–H groups in total. The maximum Gasteiger partial charge on any atom is 0.422 e. The minimum atomic E-state index is -1.07. The Morgan fingerprint density at radius 3 is 2.45 bits per heavy atom. The fourth-order valence-corrected chi connectivity index (χ4v) is 4.94. The summed E-state index contributed by atoms with van der Waals surface area (Å²) < 4.78 is 3.14. The molecule has 2 aromatic heterocycles. The number of fused-ring (bicyclic) bond motifs is 1. The van der Waals surface area contributed by atoms with Gasteiger partial charge in [-0.15, -0.1) is 11.3 Å². The van der Waals surface area contributed by atoms with E-state index in [1.165, 1.54) is 20.9 Å². The molecule has 1 saturated carbocycles. The molecule has 2 atom stereocenters. The van der Waals surface area contributed by atoms with Gasteiger partial charge in [-0.2, -0.15) is 0 Å². The lowest BCUT2D eigenvalue weighted by Gasteiger charge is -2.33. The molecule has 29 heavy (non-hydrogen) atoms. The number of carbonyl (C=O) groups is 1. The number of carboxylic acid groups (broad SMARTS) is 1. The van der Waals surface area contributed by atoms with Gasteiger partial charge in [0.1, 0.15) is 4.83 Å². The molecule has 1 aliphatic rings. The van der Waals surface area contributed by atoms with E-state index >= 15 is 0 Å². The van der Waals surface area contributed by atoms with Crippen LogP contribution in [0, 0.1) is 12.8 Å². The molecular weight excluding hydrogens is 392 g/mol. The summed E-state index contributed by atoms with van der Waals surface area (Å²) in [7, 11) is 0. The molecule has 9 heteroatoms. The Labute approximate surface area is 173 Å². The van der Waals surface area contributed by atoms with Crippen molar-refractivity contribution in [1.82, 2.24) is 19.6 Å². The van der Waals surface area contributed by atoms with Gasteiger partial charge in [0.15, 0.2) is 0 Å². The highest BCUT2D eigenvalue weighted by atomic mass is 32.1. The monoisotopic (exact) mass is 422 g/mol. The first-order chi connectivity index (χ1) is 13.5. The van der Waals surface area contributed by atoms with Crippen LogP contribution >= 0.6 is 11.3 Å². The van der Waals surface area contributed by atoms with Gasteiger partial charge in [-0.25, -0.2) is 20.0 Å². The summed E-state index contributed by atoms with van der Waals surface area (Å²) in [6.07, 6.45) is 0.572. The van der Waals surface area contributed by atoms with Crippen LogP contribution in [0.5, 0.6) is 0 Å². The molecule has 2 heterocycles. The molecule has 0 saturated heterocycles. The zero-order valence-electron chi connectivity index (χ0n) is 17.9. The predicted molar refractivity (Wildman–Crippen MR) is 115 cm³/mol. The van der Waals surface area contributed by atoms with Crippen LogP contribution in [0.1, 0.15) is 63.9 Å². The maximum absolute atomic E-state index is 13.2. The molecule has 1 fully saturated rings. The van der Waals surface area contributed by atoms with E-state index in [-0.39, 0.29) is 23.8 Å². The average Bonchev–Trinajstić information content (AvgIpc) is 3.21. The molecule has 8 nitrogen and oxygen atoms in total. The van der Waals surface area contributed by atoms with Crippen LogP contribution in [0.3, 0.4) is 0 Å². The van der Waals surface area contributed by atoms with Crippen molar-refractivity contribution in [2.24, 2.45) is 5.92 Å². The number of nitrogens with zero attached hydrogens (tertiary/aromatic N) is 3. The Morgan fingerprint density at radius 1 is 1.34 bits per heavy atom. The van der Waals surface area contributed by atoms with E-state index in [0.29, 0.717) is 22.7 Å². The number of hydrogen-bond acceptors (Lipinski definition) is 5. The Balaban J connectivity index is 2.10. The third-order valence-corrected chi connectivity index (χ3v) is 6.76. The zero-order chi connectivity index (χ0) is 21.7. The number of amides is 1. The lowest BCUT2D eigenvalue weighted by Crippen LogP contribution is -2.52. The van der Waals surface area contributed by atoms with Crippen molar-refractivity contribution in [2.45, 2.75) is 79.1 Å². The molecule has 1 amide bonds. The molecule has 3 rings (SSSR count). The summed E-state index contributed by atoms with van der Waals surface area (Å²) in [5.41, 5.74) is 2.71. The summed E-state index contributed by atoms with van der Waals surface area (Å²) in [6.45, 7) is 12.2. The minimum absolute atomic E-state index is 0.0215. The fraction of sp³-hybridized carbons (Fsp3) is 0.650. The van der Waals surface area contributed by atoms with Crippen LogP contribution < -0.4 is 16.7 Å². The third kappa shape index (κ3) is 3.85. The van der Waals surface area contributed by atoms with Gasteiger partial charge in [-0.05, 0) is 52.0 Å². The maximum atomic E-state index is 13.2. The van der Waals surface area contributed by atoms with Crippen LogP contribution in [0.15, 0.2) is 9.59 Å². The fourth-order valence-electron chi connectivity index (χ4n) is 3.70. The molecule has 1 aliphatic carbocycles. The third-order valence-electron chi connectivity index (χ3n) is 5.45. The van der Waals surface area contributed by atoms with Crippen molar-refractivity contribution in [3.63, 3.8) is 0 Å². The number of rotatable bonds is 6. The highest BCUT2D eigenvalue weighted by Gasteiger charge is 2.38. The van der Waals surface area contributed by atoms with Crippen molar-refractivity contribution < 1.29 is 9.90 Å². The standard InChI is InChI=1S/C20H30N4O4S/c1-7-8-22-17-15(16(25)23(18(22)26)13-9-11(13)2)12(3)14(29-17)10-21-24(19(27)28)20(4,5)6/h11,13,21H,7-10H2,1-6H3,(H,27,28)/t11-,13?/m0/s1. The second kappa shape index (κ2) is 7.60.